The topological polar surface area (TPSA) is 79.7 Å². The van der Waals surface area contributed by atoms with E-state index in [0.29, 0.717) is 28.9 Å². The van der Waals surface area contributed by atoms with Gasteiger partial charge < -0.3 is 9.84 Å². The number of thiophene rings is 1. The van der Waals surface area contributed by atoms with Crippen LogP contribution in [0.5, 0.6) is 5.75 Å². The van der Waals surface area contributed by atoms with Gasteiger partial charge in [-0.2, -0.15) is 0 Å². The zero-order valence-electron chi connectivity index (χ0n) is 18.3. The fourth-order valence-corrected chi connectivity index (χ4v) is 5.76. The van der Waals surface area contributed by atoms with Gasteiger partial charge in [-0.25, -0.2) is 13.8 Å². The zero-order valence-corrected chi connectivity index (χ0v) is 20.0. The molecule has 4 aromatic rings. The van der Waals surface area contributed by atoms with Gasteiger partial charge >= 0.3 is 5.91 Å². The Bertz CT molecular complexity index is 1480. The van der Waals surface area contributed by atoms with E-state index >= 15 is 0 Å². The quantitative estimate of drug-likeness (QED) is 0.193. The van der Waals surface area contributed by atoms with Crippen LogP contribution in [0.2, 0.25) is 0 Å². The highest BCUT2D eigenvalue weighted by molar-refractivity contribution is 7.22. The molecule has 1 amide bonds. The summed E-state index contributed by atoms with van der Waals surface area (Å²) in [6.45, 7) is 2.45. The van der Waals surface area contributed by atoms with E-state index in [2.05, 4.69) is 4.98 Å². The van der Waals surface area contributed by atoms with E-state index in [1.807, 2.05) is 6.92 Å². The van der Waals surface area contributed by atoms with E-state index in [0.717, 1.165) is 28.7 Å². The second kappa shape index (κ2) is 9.20. The molecule has 178 valence electrons. The molecule has 0 bridgehead atoms. The van der Waals surface area contributed by atoms with Gasteiger partial charge in [0.15, 0.2) is 10.9 Å². The van der Waals surface area contributed by atoms with E-state index in [1.165, 1.54) is 11.3 Å². The molecule has 1 atom stereocenters. The Balaban J connectivity index is 1.66. The zero-order chi connectivity index (χ0) is 24.7. The van der Waals surface area contributed by atoms with E-state index in [9.17, 15) is 23.5 Å². The summed E-state index contributed by atoms with van der Waals surface area (Å²) in [4.78, 5) is 32.4. The first-order valence-electron chi connectivity index (χ1n) is 10.7. The molecular formula is C25H18F2N2O4S2. The third-order valence-electron chi connectivity index (χ3n) is 5.45. The van der Waals surface area contributed by atoms with Gasteiger partial charge in [0, 0.05) is 16.5 Å². The van der Waals surface area contributed by atoms with Crippen LogP contribution in [0, 0.1) is 11.6 Å². The summed E-state index contributed by atoms with van der Waals surface area (Å²) in [7, 11) is 0. The van der Waals surface area contributed by atoms with Crippen LogP contribution in [-0.4, -0.2) is 28.4 Å². The molecule has 1 aliphatic heterocycles. The normalized spacial score (nSPS) is 17.5. The minimum atomic E-state index is -0.983. The minimum Gasteiger partial charge on any atom is -0.507 e. The molecule has 1 aliphatic rings. The predicted molar refractivity (Wildman–Crippen MR) is 131 cm³/mol. The van der Waals surface area contributed by atoms with Crippen molar-refractivity contribution in [2.24, 2.45) is 0 Å². The largest absolute Gasteiger partial charge is 0.507 e. The Kier molecular flexibility index (Phi) is 6.08. The Labute approximate surface area is 206 Å². The van der Waals surface area contributed by atoms with Crippen LogP contribution in [0.25, 0.3) is 16.0 Å². The summed E-state index contributed by atoms with van der Waals surface area (Å²) in [6, 6.07) is 11.0. The Morgan fingerprint density at radius 1 is 1.17 bits per heavy atom. The summed E-state index contributed by atoms with van der Waals surface area (Å²) in [6.07, 6.45) is 0.798. The summed E-state index contributed by atoms with van der Waals surface area (Å²) in [5.41, 5.74) is 0.102. The maximum atomic E-state index is 14.3. The molecule has 1 saturated heterocycles. The van der Waals surface area contributed by atoms with Crippen LogP contribution in [0.15, 0.2) is 59.5 Å². The van der Waals surface area contributed by atoms with Gasteiger partial charge in [0.2, 0.25) is 0 Å². The number of ketones is 1. The number of anilines is 1. The highest BCUT2D eigenvalue weighted by Crippen LogP contribution is 2.45. The number of hydrogen-bond donors (Lipinski definition) is 1. The van der Waals surface area contributed by atoms with Gasteiger partial charge in [0.05, 0.1) is 16.9 Å². The van der Waals surface area contributed by atoms with Crippen molar-refractivity contribution in [3.63, 3.8) is 0 Å². The maximum absolute atomic E-state index is 14.3. The van der Waals surface area contributed by atoms with Crippen molar-refractivity contribution in [2.45, 2.75) is 19.4 Å². The lowest BCUT2D eigenvalue weighted by Gasteiger charge is -2.21. The Morgan fingerprint density at radius 3 is 2.74 bits per heavy atom. The van der Waals surface area contributed by atoms with Crippen molar-refractivity contribution in [2.75, 3.05) is 11.5 Å². The first-order chi connectivity index (χ1) is 16.9. The number of carbonyl (C=O) groups is 2. The molecule has 1 unspecified atom stereocenters. The number of thiazole rings is 1. The standard InChI is InChI=1S/C25H18F2N2O4S2/c1-2-8-33-15-6-3-5-13(10-15)22(30)19-21(17-7-4-9-34-17)29(24(32)23(19)31)25-28-20-16(27)11-14(26)12-18(20)35-25/h3-7,9-12,21,30H,2,8H2,1H3/b22-19+. The molecule has 1 N–H and O–H groups in total. The van der Waals surface area contributed by atoms with Crippen molar-refractivity contribution in [3.8, 4) is 5.75 Å². The van der Waals surface area contributed by atoms with Crippen LogP contribution in [0.3, 0.4) is 0 Å². The number of fused-ring (bicyclic) bond motifs is 1. The number of Topliss-reactive ketones (excluding diaryl/α,β-unsaturated/α-hetero) is 1. The van der Waals surface area contributed by atoms with Gasteiger partial charge in [-0.1, -0.05) is 36.5 Å². The Morgan fingerprint density at radius 2 is 2.00 bits per heavy atom. The fraction of sp³-hybridized carbons (Fsp3) is 0.160. The number of rotatable bonds is 6. The molecule has 0 radical (unpaired) electrons. The van der Waals surface area contributed by atoms with Crippen LogP contribution >= 0.6 is 22.7 Å². The van der Waals surface area contributed by atoms with Crippen LogP contribution in [0.4, 0.5) is 13.9 Å². The third-order valence-corrected chi connectivity index (χ3v) is 7.37. The number of benzene rings is 2. The number of nitrogens with zero attached hydrogens (tertiary/aromatic N) is 2. The van der Waals surface area contributed by atoms with Gasteiger partial charge in [0.25, 0.3) is 5.78 Å². The van der Waals surface area contributed by atoms with E-state index in [1.54, 1.807) is 41.8 Å². The minimum absolute atomic E-state index is 0.0316. The molecule has 0 aliphatic carbocycles. The summed E-state index contributed by atoms with van der Waals surface area (Å²) in [5.74, 6) is -3.29. The van der Waals surface area contributed by atoms with Gasteiger partial charge in [0.1, 0.15) is 28.9 Å². The molecule has 35 heavy (non-hydrogen) atoms. The second-order valence-electron chi connectivity index (χ2n) is 7.79. The van der Waals surface area contributed by atoms with Crippen molar-refractivity contribution < 1.29 is 28.2 Å². The predicted octanol–water partition coefficient (Wildman–Crippen LogP) is 6.05. The number of ether oxygens (including phenoxy) is 1. The molecule has 10 heteroatoms. The van der Waals surface area contributed by atoms with Crippen molar-refractivity contribution in [1.29, 1.82) is 0 Å². The molecule has 0 saturated carbocycles. The average Bonchev–Trinajstić information content (AvgIpc) is 3.56. The fourth-order valence-electron chi connectivity index (χ4n) is 3.90. The highest BCUT2D eigenvalue weighted by Gasteiger charge is 2.48. The summed E-state index contributed by atoms with van der Waals surface area (Å²) in [5, 5.41) is 13.0. The number of aliphatic hydroxyl groups is 1. The first-order valence-corrected chi connectivity index (χ1v) is 12.4. The number of amides is 1. The Hall–Kier alpha value is -3.63. The lowest BCUT2D eigenvalue weighted by Crippen LogP contribution is -2.28. The smallest absolute Gasteiger partial charge is 0.301 e. The third kappa shape index (κ3) is 4.08. The maximum Gasteiger partial charge on any atom is 0.301 e. The second-order valence-corrected chi connectivity index (χ2v) is 9.78. The number of halogens is 2. The summed E-state index contributed by atoms with van der Waals surface area (Å²) >= 11 is 2.19. The molecule has 5 rings (SSSR count). The number of hydrogen-bond acceptors (Lipinski definition) is 7. The first kappa shape index (κ1) is 23.1. The molecule has 0 spiro atoms. The SMILES string of the molecule is CCCOc1cccc(/C(O)=C2\C(=O)C(=O)N(c3nc4c(F)cc(F)cc4s3)C2c2cccs2)c1. The molecule has 1 fully saturated rings. The van der Waals surface area contributed by atoms with Crippen LogP contribution < -0.4 is 9.64 Å². The van der Waals surface area contributed by atoms with Crippen molar-refractivity contribution in [1.82, 2.24) is 4.98 Å². The summed E-state index contributed by atoms with van der Waals surface area (Å²) < 4.78 is 33.9. The van der Waals surface area contributed by atoms with E-state index < -0.39 is 29.4 Å². The monoisotopic (exact) mass is 512 g/mol. The van der Waals surface area contributed by atoms with Crippen molar-refractivity contribution >= 4 is 55.5 Å². The van der Waals surface area contributed by atoms with Gasteiger partial charge in [-0.3, -0.25) is 14.5 Å². The molecule has 2 aromatic heterocycles. The lowest BCUT2D eigenvalue weighted by molar-refractivity contribution is -0.132. The number of aromatic nitrogens is 1. The molecule has 6 nitrogen and oxygen atoms in total. The van der Waals surface area contributed by atoms with E-state index in [-0.39, 0.29) is 26.7 Å². The van der Waals surface area contributed by atoms with Crippen molar-refractivity contribution in [3.05, 3.63) is 81.6 Å². The number of aliphatic hydroxyl groups excluding tert-OH is 1. The van der Waals surface area contributed by atoms with Gasteiger partial charge in [-0.15, -0.1) is 11.3 Å². The highest BCUT2D eigenvalue weighted by atomic mass is 32.1. The van der Waals surface area contributed by atoms with E-state index in [4.69, 9.17) is 4.74 Å². The lowest BCUT2D eigenvalue weighted by atomic mass is 10.00. The number of carbonyl (C=O) groups excluding carboxylic acids is 2. The van der Waals surface area contributed by atoms with Crippen LogP contribution in [0.1, 0.15) is 29.8 Å². The average molecular weight is 513 g/mol. The molecule has 2 aromatic carbocycles. The van der Waals surface area contributed by atoms with Crippen LogP contribution in [-0.2, 0) is 9.59 Å². The van der Waals surface area contributed by atoms with Gasteiger partial charge in [-0.05, 0) is 36.1 Å². The molecular weight excluding hydrogens is 494 g/mol. The molecule has 3 heterocycles.